The monoisotopic (exact) mass is 298 g/mol. The van der Waals surface area contributed by atoms with Crippen LogP contribution in [0.2, 0.25) is 0 Å². The van der Waals surface area contributed by atoms with Gasteiger partial charge in [-0.3, -0.25) is 0 Å². The number of carbonyl (C=O) groups is 2. The second kappa shape index (κ2) is 7.88. The lowest BCUT2D eigenvalue weighted by Gasteiger charge is -2.12. The molecule has 1 aromatic rings. The van der Waals surface area contributed by atoms with Crippen molar-refractivity contribution in [2.75, 3.05) is 20.8 Å². The molecule has 114 valence electrons. The number of hydrogen-bond donors (Lipinski definition) is 0. The molecular formula is C14H15FO6. The molecule has 1 aromatic carbocycles. The van der Waals surface area contributed by atoms with E-state index in [4.69, 9.17) is 9.47 Å². The Hall–Kier alpha value is -2.57. The Bertz CT molecular complexity index is 552. The lowest BCUT2D eigenvalue weighted by Crippen LogP contribution is -2.15. The van der Waals surface area contributed by atoms with Crippen LogP contribution in [-0.4, -0.2) is 32.8 Å². The average Bonchev–Trinajstić information content (AvgIpc) is 2.46. The van der Waals surface area contributed by atoms with Gasteiger partial charge >= 0.3 is 11.9 Å². The number of carbonyl (C=O) groups excluding carboxylic acids is 2. The number of methoxy groups -OCH3 is 2. The number of rotatable bonds is 6. The molecule has 0 unspecified atom stereocenters. The molecule has 0 spiro atoms. The fourth-order valence-corrected chi connectivity index (χ4v) is 1.43. The van der Waals surface area contributed by atoms with E-state index in [2.05, 4.69) is 9.47 Å². The maximum absolute atomic E-state index is 13.8. The van der Waals surface area contributed by atoms with Crippen LogP contribution in [0.1, 0.15) is 17.3 Å². The van der Waals surface area contributed by atoms with Crippen LogP contribution in [0.5, 0.6) is 5.75 Å². The Kier molecular flexibility index (Phi) is 6.19. The largest absolute Gasteiger partial charge is 0.500 e. The van der Waals surface area contributed by atoms with Crippen molar-refractivity contribution in [3.63, 3.8) is 0 Å². The molecule has 0 atom stereocenters. The highest BCUT2D eigenvalue weighted by Gasteiger charge is 2.22. The van der Waals surface area contributed by atoms with Crippen molar-refractivity contribution in [3.8, 4) is 5.75 Å². The molecule has 0 fully saturated rings. The highest BCUT2D eigenvalue weighted by atomic mass is 19.1. The Morgan fingerprint density at radius 2 is 2.00 bits per heavy atom. The number of hydrogen-bond acceptors (Lipinski definition) is 6. The Balaban J connectivity index is 3.18. The highest BCUT2D eigenvalue weighted by molar-refractivity contribution is 5.93. The molecule has 7 heteroatoms. The first kappa shape index (κ1) is 16.5. The summed E-state index contributed by atoms with van der Waals surface area (Å²) in [7, 11) is 2.44. The van der Waals surface area contributed by atoms with Gasteiger partial charge in [0.25, 0.3) is 0 Å². The summed E-state index contributed by atoms with van der Waals surface area (Å²) < 4.78 is 32.9. The molecule has 0 saturated carbocycles. The fraction of sp³-hybridized carbons (Fsp3) is 0.286. The Labute approximate surface area is 121 Å². The molecule has 0 aliphatic heterocycles. The molecular weight excluding hydrogens is 283 g/mol. The quantitative estimate of drug-likeness (QED) is 0.455. The van der Waals surface area contributed by atoms with Gasteiger partial charge in [0.2, 0.25) is 5.76 Å². The smallest absolute Gasteiger partial charge is 0.377 e. The van der Waals surface area contributed by atoms with Gasteiger partial charge in [0.1, 0.15) is 23.4 Å². The second-order valence-electron chi connectivity index (χ2n) is 3.64. The molecule has 0 bridgehead atoms. The summed E-state index contributed by atoms with van der Waals surface area (Å²) >= 11 is 0. The molecule has 0 aliphatic rings. The summed E-state index contributed by atoms with van der Waals surface area (Å²) in [6.07, 6.45) is 0.978. The zero-order valence-corrected chi connectivity index (χ0v) is 11.8. The van der Waals surface area contributed by atoms with Crippen LogP contribution in [0.25, 0.3) is 0 Å². The molecule has 6 nitrogen and oxygen atoms in total. The van der Waals surface area contributed by atoms with Crippen molar-refractivity contribution in [1.82, 2.24) is 0 Å². The molecule has 0 N–H and O–H groups in total. The Morgan fingerprint density at radius 3 is 2.57 bits per heavy atom. The van der Waals surface area contributed by atoms with E-state index in [9.17, 15) is 14.0 Å². The molecule has 0 saturated heterocycles. The summed E-state index contributed by atoms with van der Waals surface area (Å²) in [5.41, 5.74) is -0.412. The van der Waals surface area contributed by atoms with E-state index in [0.29, 0.717) is 0 Å². The number of esters is 2. The van der Waals surface area contributed by atoms with Crippen LogP contribution < -0.4 is 4.74 Å². The standard InChI is InChI=1S/C14H15FO6/c1-4-20-14(17)12-9(15)6-5-7-10(12)21-11(8-18-2)13(16)19-3/h5-8H,4H2,1-3H3/b11-8+. The first-order chi connectivity index (χ1) is 10.0. The third-order valence-electron chi connectivity index (χ3n) is 2.29. The summed E-state index contributed by atoms with van der Waals surface area (Å²) in [5.74, 6) is -3.07. The van der Waals surface area contributed by atoms with Crippen LogP contribution >= 0.6 is 0 Å². The maximum Gasteiger partial charge on any atom is 0.377 e. The van der Waals surface area contributed by atoms with E-state index in [1.165, 1.54) is 19.2 Å². The van der Waals surface area contributed by atoms with Crippen molar-refractivity contribution in [3.05, 3.63) is 41.6 Å². The molecule has 0 aliphatic carbocycles. The van der Waals surface area contributed by atoms with Crippen molar-refractivity contribution in [2.45, 2.75) is 6.92 Å². The van der Waals surface area contributed by atoms with E-state index < -0.39 is 23.3 Å². The molecule has 0 aromatic heterocycles. The zero-order chi connectivity index (χ0) is 15.8. The third kappa shape index (κ3) is 4.20. The third-order valence-corrected chi connectivity index (χ3v) is 2.29. The number of halogens is 1. The van der Waals surface area contributed by atoms with E-state index in [1.807, 2.05) is 0 Å². The average molecular weight is 298 g/mol. The van der Waals surface area contributed by atoms with Crippen LogP contribution in [0.4, 0.5) is 4.39 Å². The molecule has 0 heterocycles. The lowest BCUT2D eigenvalue weighted by molar-refractivity contribution is -0.138. The molecule has 0 amide bonds. The van der Waals surface area contributed by atoms with Crippen molar-refractivity contribution in [1.29, 1.82) is 0 Å². The zero-order valence-electron chi connectivity index (χ0n) is 11.8. The van der Waals surface area contributed by atoms with Gasteiger partial charge in [-0.05, 0) is 19.1 Å². The minimum atomic E-state index is -0.896. The molecule has 0 radical (unpaired) electrons. The van der Waals surface area contributed by atoms with Gasteiger partial charge < -0.3 is 18.9 Å². The number of ether oxygens (including phenoxy) is 4. The van der Waals surface area contributed by atoms with Gasteiger partial charge in [-0.25, -0.2) is 14.0 Å². The predicted molar refractivity (Wildman–Crippen MR) is 70.1 cm³/mol. The minimum Gasteiger partial charge on any atom is -0.500 e. The second-order valence-corrected chi connectivity index (χ2v) is 3.64. The van der Waals surface area contributed by atoms with Crippen LogP contribution in [0, 0.1) is 5.82 Å². The SMILES string of the molecule is CCOC(=O)c1c(F)cccc1O/C(=C/OC)C(=O)OC. The van der Waals surface area contributed by atoms with E-state index in [1.54, 1.807) is 6.92 Å². The fourth-order valence-electron chi connectivity index (χ4n) is 1.43. The van der Waals surface area contributed by atoms with Gasteiger partial charge in [0.05, 0.1) is 20.8 Å². The lowest BCUT2D eigenvalue weighted by atomic mass is 10.2. The normalized spacial score (nSPS) is 10.8. The van der Waals surface area contributed by atoms with Crippen LogP contribution in [0.15, 0.2) is 30.2 Å². The molecule has 21 heavy (non-hydrogen) atoms. The predicted octanol–water partition coefficient (Wildman–Crippen LogP) is 2.04. The van der Waals surface area contributed by atoms with Gasteiger partial charge in [0, 0.05) is 0 Å². The van der Waals surface area contributed by atoms with E-state index in [-0.39, 0.29) is 18.1 Å². The van der Waals surface area contributed by atoms with Gasteiger partial charge in [0.15, 0.2) is 0 Å². The first-order valence-corrected chi connectivity index (χ1v) is 5.99. The Morgan fingerprint density at radius 1 is 1.29 bits per heavy atom. The minimum absolute atomic E-state index is 0.0738. The van der Waals surface area contributed by atoms with E-state index in [0.717, 1.165) is 19.4 Å². The van der Waals surface area contributed by atoms with Gasteiger partial charge in [-0.2, -0.15) is 0 Å². The summed E-state index contributed by atoms with van der Waals surface area (Å²) in [5, 5.41) is 0. The van der Waals surface area contributed by atoms with E-state index >= 15 is 0 Å². The van der Waals surface area contributed by atoms with Crippen LogP contribution in [0.3, 0.4) is 0 Å². The summed E-state index contributed by atoms with van der Waals surface area (Å²) in [4.78, 5) is 23.2. The summed E-state index contributed by atoms with van der Waals surface area (Å²) in [6, 6.07) is 3.73. The van der Waals surface area contributed by atoms with Crippen LogP contribution in [-0.2, 0) is 19.0 Å². The summed E-state index contributed by atoms with van der Waals surface area (Å²) in [6.45, 7) is 1.66. The van der Waals surface area contributed by atoms with Crippen molar-refractivity contribution >= 4 is 11.9 Å². The number of benzene rings is 1. The first-order valence-electron chi connectivity index (χ1n) is 5.99. The van der Waals surface area contributed by atoms with Crippen molar-refractivity contribution in [2.24, 2.45) is 0 Å². The van der Waals surface area contributed by atoms with Gasteiger partial charge in [-0.15, -0.1) is 0 Å². The van der Waals surface area contributed by atoms with Gasteiger partial charge in [-0.1, -0.05) is 6.07 Å². The molecule has 1 rings (SSSR count). The van der Waals surface area contributed by atoms with Crippen molar-refractivity contribution < 1.29 is 32.9 Å². The maximum atomic E-state index is 13.8. The highest BCUT2D eigenvalue weighted by Crippen LogP contribution is 2.24. The topological polar surface area (TPSA) is 71.1 Å².